The molecular formula is C44H29N3Si. The molecule has 3 nitrogen and oxygen atoms in total. The van der Waals surface area contributed by atoms with E-state index >= 15 is 0 Å². The molecule has 0 aliphatic carbocycles. The zero-order valence-corrected chi connectivity index (χ0v) is 27.1. The maximum Gasteiger partial charge on any atom is 0.188 e. The van der Waals surface area contributed by atoms with E-state index in [0.29, 0.717) is 11.3 Å². The quantitative estimate of drug-likeness (QED) is 0.104. The van der Waals surface area contributed by atoms with Crippen LogP contribution in [-0.2, 0) is 0 Å². The van der Waals surface area contributed by atoms with Gasteiger partial charge in [-0.15, -0.1) is 0 Å². The molecule has 224 valence electrons. The van der Waals surface area contributed by atoms with Crippen LogP contribution < -0.4 is 20.7 Å². The molecule has 0 aliphatic heterocycles. The van der Waals surface area contributed by atoms with Gasteiger partial charge in [-0.2, -0.15) is 5.26 Å². The molecule has 48 heavy (non-hydrogen) atoms. The van der Waals surface area contributed by atoms with Gasteiger partial charge in [0, 0.05) is 16.5 Å². The molecule has 8 aromatic rings. The third-order valence-corrected chi connectivity index (χ3v) is 14.2. The third kappa shape index (κ3) is 4.55. The summed E-state index contributed by atoms with van der Waals surface area (Å²) in [6.07, 6.45) is 0. The van der Waals surface area contributed by atoms with Gasteiger partial charge in [-0.25, -0.2) is 4.85 Å². The van der Waals surface area contributed by atoms with Gasteiger partial charge in [-0.1, -0.05) is 146 Å². The first-order chi connectivity index (χ1) is 23.7. The van der Waals surface area contributed by atoms with Crippen LogP contribution in [0.1, 0.15) is 5.56 Å². The Hall–Kier alpha value is -6.46. The second-order valence-corrected chi connectivity index (χ2v) is 15.7. The van der Waals surface area contributed by atoms with Gasteiger partial charge in [0.05, 0.1) is 29.2 Å². The summed E-state index contributed by atoms with van der Waals surface area (Å²) >= 11 is 0. The highest BCUT2D eigenvalue weighted by molar-refractivity contribution is 7.20. The molecule has 8 rings (SSSR count). The summed E-state index contributed by atoms with van der Waals surface area (Å²) in [7, 11) is -3.02. The molecule has 0 amide bonds. The SMILES string of the molecule is [C-]#[N+]c1cc(-c2cccc(-n3c4ccccc4c4ccccc43)c2)c(C#N)cc1[Si](c1ccccc1)(c1ccccc1)c1ccccc1. The summed E-state index contributed by atoms with van der Waals surface area (Å²) < 4.78 is 2.28. The molecule has 0 spiro atoms. The minimum Gasteiger partial charge on any atom is -0.309 e. The van der Waals surface area contributed by atoms with Gasteiger partial charge in [0.25, 0.3) is 0 Å². The van der Waals surface area contributed by atoms with E-state index < -0.39 is 8.07 Å². The Bertz CT molecular complexity index is 2370. The van der Waals surface area contributed by atoms with E-state index in [1.807, 2.05) is 42.5 Å². The second-order valence-electron chi connectivity index (χ2n) is 11.9. The van der Waals surface area contributed by atoms with Gasteiger partial charge >= 0.3 is 0 Å². The van der Waals surface area contributed by atoms with Crippen molar-refractivity contribution in [1.82, 2.24) is 4.57 Å². The number of aromatic nitrogens is 1. The summed E-state index contributed by atoms with van der Waals surface area (Å²) in [4.78, 5) is 4.20. The molecule has 0 unspecified atom stereocenters. The number of para-hydroxylation sites is 2. The average molecular weight is 628 g/mol. The number of rotatable bonds is 6. The zero-order valence-electron chi connectivity index (χ0n) is 26.1. The molecule has 0 saturated heterocycles. The Morgan fingerprint density at radius 2 is 1.04 bits per heavy atom. The molecule has 1 heterocycles. The van der Waals surface area contributed by atoms with Crippen molar-refractivity contribution in [2.24, 2.45) is 0 Å². The van der Waals surface area contributed by atoms with E-state index in [2.05, 4.69) is 149 Å². The highest BCUT2D eigenvalue weighted by atomic mass is 28.3. The average Bonchev–Trinajstić information content (AvgIpc) is 3.51. The third-order valence-electron chi connectivity index (χ3n) is 9.40. The van der Waals surface area contributed by atoms with Gasteiger partial charge in [0.15, 0.2) is 13.8 Å². The van der Waals surface area contributed by atoms with Crippen molar-refractivity contribution in [3.63, 3.8) is 0 Å². The van der Waals surface area contributed by atoms with Crippen LogP contribution in [0.25, 0.3) is 43.5 Å². The Labute approximate surface area is 281 Å². The lowest BCUT2D eigenvalue weighted by Gasteiger charge is -2.35. The first-order valence-corrected chi connectivity index (χ1v) is 18.0. The lowest BCUT2D eigenvalue weighted by Crippen LogP contribution is -2.74. The molecular weight excluding hydrogens is 599 g/mol. The summed E-state index contributed by atoms with van der Waals surface area (Å²) in [5.74, 6) is 0. The van der Waals surface area contributed by atoms with Gasteiger partial charge in [-0.05, 0) is 62.2 Å². The van der Waals surface area contributed by atoms with E-state index in [9.17, 15) is 5.26 Å². The van der Waals surface area contributed by atoms with Crippen LogP contribution in [-0.4, -0.2) is 12.6 Å². The van der Waals surface area contributed by atoms with Crippen molar-refractivity contribution >= 4 is 56.3 Å². The highest BCUT2D eigenvalue weighted by Gasteiger charge is 2.43. The molecule has 0 saturated carbocycles. The van der Waals surface area contributed by atoms with E-state index in [1.165, 1.54) is 10.8 Å². The number of fused-ring (bicyclic) bond motifs is 3. The second kappa shape index (κ2) is 12.0. The van der Waals surface area contributed by atoms with Gasteiger partial charge in [-0.3, -0.25) is 0 Å². The van der Waals surface area contributed by atoms with Crippen LogP contribution in [0.2, 0.25) is 0 Å². The molecule has 0 aliphatic rings. The molecule has 0 atom stereocenters. The fourth-order valence-corrected chi connectivity index (χ4v) is 12.2. The molecule has 1 aromatic heterocycles. The van der Waals surface area contributed by atoms with Crippen molar-refractivity contribution in [2.75, 3.05) is 0 Å². The lowest BCUT2D eigenvalue weighted by molar-refractivity contribution is 1.18. The fourth-order valence-electron chi connectivity index (χ4n) is 7.36. The molecule has 4 heteroatoms. The molecule has 0 bridgehead atoms. The Morgan fingerprint density at radius 3 is 1.54 bits per heavy atom. The molecule has 7 aromatic carbocycles. The summed E-state index contributed by atoms with van der Waals surface area (Å²) in [5, 5.41) is 17.6. The predicted octanol–water partition coefficient (Wildman–Crippen LogP) is 8.25. The maximum atomic E-state index is 10.8. The Kier molecular flexibility index (Phi) is 7.27. The molecule has 0 radical (unpaired) electrons. The summed E-state index contributed by atoms with van der Waals surface area (Å²) in [6.45, 7) is 8.54. The van der Waals surface area contributed by atoms with Crippen LogP contribution in [0.15, 0.2) is 176 Å². The largest absolute Gasteiger partial charge is 0.309 e. The van der Waals surface area contributed by atoms with Crippen LogP contribution in [0, 0.1) is 17.9 Å². The monoisotopic (exact) mass is 627 g/mol. The van der Waals surface area contributed by atoms with Crippen molar-refractivity contribution in [2.45, 2.75) is 0 Å². The summed E-state index contributed by atoms with van der Waals surface area (Å²) in [6, 6.07) is 63.3. The van der Waals surface area contributed by atoms with Gasteiger partial charge in [0.2, 0.25) is 0 Å². The number of hydrogen-bond donors (Lipinski definition) is 0. The number of hydrogen-bond acceptors (Lipinski definition) is 1. The predicted molar refractivity (Wildman–Crippen MR) is 201 cm³/mol. The minimum atomic E-state index is -3.02. The maximum absolute atomic E-state index is 10.8. The number of nitriles is 1. The Balaban J connectivity index is 1.39. The van der Waals surface area contributed by atoms with Crippen LogP contribution in [0.5, 0.6) is 0 Å². The first-order valence-electron chi connectivity index (χ1n) is 16.0. The normalized spacial score (nSPS) is 11.3. The van der Waals surface area contributed by atoms with Crippen LogP contribution >= 0.6 is 0 Å². The zero-order chi connectivity index (χ0) is 32.5. The minimum absolute atomic E-state index is 0.552. The van der Waals surface area contributed by atoms with Gasteiger partial charge in [0.1, 0.15) is 0 Å². The van der Waals surface area contributed by atoms with E-state index in [1.54, 1.807) is 0 Å². The van der Waals surface area contributed by atoms with Crippen molar-refractivity contribution in [3.05, 3.63) is 193 Å². The topological polar surface area (TPSA) is 33.1 Å². The molecule has 0 fully saturated rings. The van der Waals surface area contributed by atoms with Crippen molar-refractivity contribution in [3.8, 4) is 22.9 Å². The van der Waals surface area contributed by atoms with Gasteiger partial charge < -0.3 is 4.57 Å². The fraction of sp³-hybridized carbons (Fsp3) is 0. The molecule has 0 N–H and O–H groups in total. The van der Waals surface area contributed by atoms with E-state index in [4.69, 9.17) is 6.57 Å². The standard InChI is InChI=1S/C44H29N3Si/c1-46-41-30-40(32-16-15-17-34(28-32)47-42-26-13-11-24-38(42)39-25-12-14-27-43(39)47)33(31-45)29-44(41)48(35-18-5-2-6-19-35,36-20-7-3-8-21-36)37-22-9-4-10-23-37/h2-30H. The van der Waals surface area contributed by atoms with E-state index in [-0.39, 0.29) is 0 Å². The number of benzene rings is 7. The summed E-state index contributed by atoms with van der Waals surface area (Å²) in [5.41, 5.74) is 6.02. The number of nitrogens with zero attached hydrogens (tertiary/aromatic N) is 3. The van der Waals surface area contributed by atoms with Crippen LogP contribution in [0.3, 0.4) is 0 Å². The van der Waals surface area contributed by atoms with Crippen molar-refractivity contribution < 1.29 is 0 Å². The Morgan fingerprint density at radius 1 is 0.542 bits per heavy atom. The smallest absolute Gasteiger partial charge is 0.188 e. The van der Waals surface area contributed by atoms with E-state index in [0.717, 1.165) is 48.6 Å². The first kappa shape index (κ1) is 29.0. The van der Waals surface area contributed by atoms with Crippen molar-refractivity contribution in [1.29, 1.82) is 5.26 Å². The van der Waals surface area contributed by atoms with Crippen LogP contribution in [0.4, 0.5) is 5.69 Å². The highest BCUT2D eigenvalue weighted by Crippen LogP contribution is 2.35. The lowest BCUT2D eigenvalue weighted by atomic mass is 9.99.